The fourth-order valence-electron chi connectivity index (χ4n) is 4.76. The summed E-state index contributed by atoms with van der Waals surface area (Å²) < 4.78 is 2.22. The van der Waals surface area contributed by atoms with Gasteiger partial charge >= 0.3 is 0 Å². The van der Waals surface area contributed by atoms with Crippen LogP contribution in [0.3, 0.4) is 0 Å². The van der Waals surface area contributed by atoms with E-state index >= 15 is 0 Å². The Labute approximate surface area is 175 Å². The predicted octanol–water partition coefficient (Wildman–Crippen LogP) is 5.39. The Bertz CT molecular complexity index is 1030. The average molecular weight is 412 g/mol. The van der Waals surface area contributed by atoms with Crippen LogP contribution < -0.4 is 0 Å². The van der Waals surface area contributed by atoms with Crippen LogP contribution in [0, 0.1) is 0 Å². The van der Waals surface area contributed by atoms with Gasteiger partial charge in [-0.25, -0.2) is 4.98 Å². The van der Waals surface area contributed by atoms with Crippen molar-refractivity contribution in [3.8, 4) is 11.4 Å². The van der Waals surface area contributed by atoms with Gasteiger partial charge in [0.1, 0.15) is 11.3 Å². The van der Waals surface area contributed by atoms with Gasteiger partial charge in [-0.05, 0) is 42.5 Å². The average Bonchev–Trinajstić information content (AvgIpc) is 3.04. The van der Waals surface area contributed by atoms with Crippen LogP contribution in [0.15, 0.2) is 48.5 Å². The number of fused-ring (bicyclic) bond motifs is 2. The van der Waals surface area contributed by atoms with E-state index in [1.54, 1.807) is 0 Å². The summed E-state index contributed by atoms with van der Waals surface area (Å²) >= 11 is 13.3. The van der Waals surface area contributed by atoms with Gasteiger partial charge in [0.05, 0.1) is 10.7 Å². The second kappa shape index (κ2) is 7.22. The van der Waals surface area contributed by atoms with E-state index < -0.39 is 0 Å². The number of hydrogen-bond acceptors (Lipinski definition) is 2. The first-order valence-corrected chi connectivity index (χ1v) is 10.7. The molecule has 28 heavy (non-hydrogen) atoms. The summed E-state index contributed by atoms with van der Waals surface area (Å²) in [7, 11) is 2.10. The van der Waals surface area contributed by atoms with E-state index in [4.69, 9.17) is 28.2 Å². The molecule has 5 rings (SSSR count). The summed E-state index contributed by atoms with van der Waals surface area (Å²) in [6.07, 6.45) is 4.14. The van der Waals surface area contributed by atoms with Crippen molar-refractivity contribution in [1.29, 1.82) is 0 Å². The number of halogens is 2. The molecule has 0 amide bonds. The van der Waals surface area contributed by atoms with Gasteiger partial charge in [0.15, 0.2) is 0 Å². The maximum Gasteiger partial charge on any atom is 0.141 e. The van der Waals surface area contributed by atoms with Gasteiger partial charge in [0.25, 0.3) is 0 Å². The standard InChI is InChI=1S/C23H23Cl2N3/c1-27-21-11-10-16(28-13-12-15-6-2-3-7-17(15)22(28)25)14-20(21)26-23(27)18-8-4-5-9-19(18)24/h2-9,16,22H,10-14H2,1H3. The maximum absolute atomic E-state index is 6.91. The summed E-state index contributed by atoms with van der Waals surface area (Å²) in [4.78, 5) is 7.47. The van der Waals surface area contributed by atoms with E-state index in [0.717, 1.165) is 48.6 Å². The first kappa shape index (κ1) is 18.2. The third-order valence-corrected chi connectivity index (χ3v) is 7.08. The molecule has 2 unspecified atom stereocenters. The van der Waals surface area contributed by atoms with E-state index in [1.165, 1.54) is 22.5 Å². The summed E-state index contributed by atoms with van der Waals surface area (Å²) in [5.74, 6) is 0.961. The topological polar surface area (TPSA) is 21.1 Å². The molecule has 0 radical (unpaired) electrons. The monoisotopic (exact) mass is 411 g/mol. The number of rotatable bonds is 2. The zero-order valence-electron chi connectivity index (χ0n) is 15.9. The highest BCUT2D eigenvalue weighted by Gasteiger charge is 2.34. The maximum atomic E-state index is 6.91. The van der Waals surface area contributed by atoms with Crippen molar-refractivity contribution in [3.63, 3.8) is 0 Å². The molecule has 3 nitrogen and oxygen atoms in total. The van der Waals surface area contributed by atoms with Crippen LogP contribution in [0.1, 0.15) is 34.4 Å². The third-order valence-electron chi connectivity index (χ3n) is 6.27. The normalized spacial score (nSPS) is 22.0. The fraction of sp³-hybridized carbons (Fsp3) is 0.348. The molecule has 2 heterocycles. The van der Waals surface area contributed by atoms with Crippen molar-refractivity contribution in [2.45, 2.75) is 37.2 Å². The van der Waals surface area contributed by atoms with Crippen molar-refractivity contribution >= 4 is 23.2 Å². The highest BCUT2D eigenvalue weighted by molar-refractivity contribution is 6.33. The van der Waals surface area contributed by atoms with Crippen molar-refractivity contribution in [2.24, 2.45) is 7.05 Å². The van der Waals surface area contributed by atoms with Crippen LogP contribution in [0.2, 0.25) is 5.02 Å². The number of nitrogens with zero attached hydrogens (tertiary/aromatic N) is 3. The first-order valence-electron chi connectivity index (χ1n) is 9.90. The number of imidazole rings is 1. The van der Waals surface area contributed by atoms with Crippen LogP contribution in [-0.4, -0.2) is 27.0 Å². The van der Waals surface area contributed by atoms with Gasteiger partial charge in [-0.2, -0.15) is 0 Å². The first-order chi connectivity index (χ1) is 13.6. The Kier molecular flexibility index (Phi) is 4.70. The third kappa shape index (κ3) is 2.97. The summed E-state index contributed by atoms with van der Waals surface area (Å²) in [5, 5.41) is 0.748. The minimum atomic E-state index is -0.0525. The molecule has 2 aliphatic rings. The quantitative estimate of drug-likeness (QED) is 0.416. The molecule has 2 aromatic carbocycles. The molecule has 0 saturated carbocycles. The number of hydrogen-bond donors (Lipinski definition) is 0. The molecular weight excluding hydrogens is 389 g/mol. The second-order valence-corrected chi connectivity index (χ2v) is 8.61. The van der Waals surface area contributed by atoms with E-state index in [2.05, 4.69) is 40.8 Å². The largest absolute Gasteiger partial charge is 0.331 e. The molecule has 0 bridgehead atoms. The Morgan fingerprint density at radius 3 is 2.68 bits per heavy atom. The Hall–Kier alpha value is -1.81. The molecule has 0 saturated heterocycles. The van der Waals surface area contributed by atoms with Crippen LogP contribution in [0.5, 0.6) is 0 Å². The Morgan fingerprint density at radius 1 is 1.04 bits per heavy atom. The summed E-state index contributed by atoms with van der Waals surface area (Å²) in [5.41, 5.74) is 6.11. The lowest BCUT2D eigenvalue weighted by Gasteiger charge is -2.40. The lowest BCUT2D eigenvalue weighted by Crippen LogP contribution is -2.43. The van der Waals surface area contributed by atoms with Crippen LogP contribution >= 0.6 is 23.2 Å². The molecular formula is C23H23Cl2N3. The zero-order chi connectivity index (χ0) is 19.3. The molecule has 3 aromatic rings. The molecule has 1 aliphatic heterocycles. The molecule has 0 N–H and O–H groups in total. The van der Waals surface area contributed by atoms with Crippen molar-refractivity contribution < 1.29 is 0 Å². The number of aromatic nitrogens is 2. The SMILES string of the molecule is Cn1c(-c2ccccc2Cl)nc2c1CCC(N1CCc3ccccc3C1Cl)C2. The highest BCUT2D eigenvalue weighted by atomic mass is 35.5. The number of alkyl halides is 1. The predicted molar refractivity (Wildman–Crippen MR) is 115 cm³/mol. The molecule has 144 valence electrons. The second-order valence-electron chi connectivity index (χ2n) is 7.79. The Balaban J connectivity index is 1.44. The van der Waals surface area contributed by atoms with Gasteiger partial charge in [-0.1, -0.05) is 48.0 Å². The van der Waals surface area contributed by atoms with Gasteiger partial charge in [0, 0.05) is 37.3 Å². The molecule has 1 aliphatic carbocycles. The smallest absolute Gasteiger partial charge is 0.141 e. The molecule has 1 aromatic heterocycles. The zero-order valence-corrected chi connectivity index (χ0v) is 17.4. The molecule has 5 heteroatoms. The lowest BCUT2D eigenvalue weighted by molar-refractivity contribution is 0.152. The molecule has 0 fully saturated rings. The van der Waals surface area contributed by atoms with Crippen LogP contribution in [-0.2, 0) is 26.3 Å². The van der Waals surface area contributed by atoms with E-state index in [1.807, 2.05) is 24.3 Å². The Morgan fingerprint density at radius 2 is 1.82 bits per heavy atom. The van der Waals surface area contributed by atoms with Crippen LogP contribution in [0.25, 0.3) is 11.4 Å². The molecule has 2 atom stereocenters. The van der Waals surface area contributed by atoms with Gasteiger partial charge in [0.2, 0.25) is 0 Å². The van der Waals surface area contributed by atoms with Crippen LogP contribution in [0.4, 0.5) is 0 Å². The molecule has 0 spiro atoms. The summed E-state index contributed by atoms with van der Waals surface area (Å²) in [6, 6.07) is 16.9. The fourth-order valence-corrected chi connectivity index (χ4v) is 5.45. The summed E-state index contributed by atoms with van der Waals surface area (Å²) in [6.45, 7) is 1.01. The van der Waals surface area contributed by atoms with Crippen molar-refractivity contribution in [2.75, 3.05) is 6.54 Å². The van der Waals surface area contributed by atoms with E-state index in [9.17, 15) is 0 Å². The minimum Gasteiger partial charge on any atom is -0.331 e. The van der Waals surface area contributed by atoms with E-state index in [-0.39, 0.29) is 5.50 Å². The highest BCUT2D eigenvalue weighted by Crippen LogP contribution is 2.38. The van der Waals surface area contributed by atoms with Gasteiger partial charge in [-0.15, -0.1) is 11.6 Å². The van der Waals surface area contributed by atoms with E-state index in [0.29, 0.717) is 6.04 Å². The van der Waals surface area contributed by atoms with Gasteiger partial charge < -0.3 is 4.57 Å². The minimum absolute atomic E-state index is 0.0525. The lowest BCUT2D eigenvalue weighted by atomic mass is 9.91. The van der Waals surface area contributed by atoms with Gasteiger partial charge in [-0.3, -0.25) is 4.90 Å². The number of benzene rings is 2. The van der Waals surface area contributed by atoms with Crippen molar-refractivity contribution in [3.05, 3.63) is 76.1 Å². The van der Waals surface area contributed by atoms with Crippen molar-refractivity contribution in [1.82, 2.24) is 14.5 Å².